The Morgan fingerprint density at radius 2 is 2.45 bits per heavy atom. The normalized spacial score (nSPS) is 22.3. The summed E-state index contributed by atoms with van der Waals surface area (Å²) in [6, 6.07) is 5.55. The van der Waals surface area contributed by atoms with Gasteiger partial charge in [-0.15, -0.1) is 0 Å². The lowest BCUT2D eigenvalue weighted by Crippen LogP contribution is -2.37. The van der Waals surface area contributed by atoms with E-state index in [9.17, 15) is 4.79 Å². The fourth-order valence-electron chi connectivity index (χ4n) is 2.58. The Hall–Kier alpha value is -1.17. The van der Waals surface area contributed by atoms with Crippen molar-refractivity contribution in [2.45, 2.75) is 19.8 Å². The van der Waals surface area contributed by atoms with Crippen LogP contribution in [-0.2, 0) is 4.79 Å². The number of nitrogens with one attached hydrogen (secondary N) is 2. The molecule has 3 rings (SSSR count). The highest BCUT2D eigenvalue weighted by molar-refractivity contribution is 7.22. The summed E-state index contributed by atoms with van der Waals surface area (Å²) in [4.78, 5) is 16.9. The van der Waals surface area contributed by atoms with E-state index in [1.54, 1.807) is 0 Å². The van der Waals surface area contributed by atoms with Crippen molar-refractivity contribution in [1.82, 2.24) is 10.3 Å². The van der Waals surface area contributed by atoms with Crippen LogP contribution >= 0.6 is 22.9 Å². The maximum absolute atomic E-state index is 12.5. The van der Waals surface area contributed by atoms with Crippen molar-refractivity contribution in [1.29, 1.82) is 0 Å². The van der Waals surface area contributed by atoms with Crippen molar-refractivity contribution in [2.24, 2.45) is 5.41 Å². The predicted octanol–water partition coefficient (Wildman–Crippen LogP) is 3.28. The molecule has 1 aromatic heterocycles. The average Bonchev–Trinajstić information content (AvgIpc) is 3.04. The molecule has 1 aliphatic heterocycles. The molecule has 1 fully saturated rings. The minimum absolute atomic E-state index is 0.0650. The summed E-state index contributed by atoms with van der Waals surface area (Å²) in [7, 11) is 0. The maximum atomic E-state index is 12.5. The first-order chi connectivity index (χ1) is 9.63. The third-order valence-corrected chi connectivity index (χ3v) is 5.14. The van der Waals surface area contributed by atoms with E-state index in [4.69, 9.17) is 11.6 Å². The van der Waals surface area contributed by atoms with Crippen LogP contribution in [0.25, 0.3) is 10.2 Å². The Morgan fingerprint density at radius 1 is 1.60 bits per heavy atom. The first-order valence-corrected chi connectivity index (χ1v) is 7.91. The van der Waals surface area contributed by atoms with Crippen molar-refractivity contribution in [2.75, 3.05) is 18.4 Å². The topological polar surface area (TPSA) is 54.0 Å². The Bertz CT molecular complexity index is 649. The lowest BCUT2D eigenvalue weighted by atomic mass is 9.83. The Kier molecular flexibility index (Phi) is 3.67. The van der Waals surface area contributed by atoms with E-state index in [1.165, 1.54) is 11.3 Å². The van der Waals surface area contributed by atoms with Crippen molar-refractivity contribution in [3.8, 4) is 0 Å². The summed E-state index contributed by atoms with van der Waals surface area (Å²) in [6.07, 6.45) is 1.72. The van der Waals surface area contributed by atoms with Crippen LogP contribution in [0.4, 0.5) is 5.13 Å². The molecule has 2 aromatic rings. The fraction of sp³-hybridized carbons (Fsp3) is 0.429. The Labute approximate surface area is 126 Å². The third kappa shape index (κ3) is 2.41. The number of halogens is 1. The number of anilines is 1. The zero-order valence-electron chi connectivity index (χ0n) is 11.2. The number of thiazole rings is 1. The minimum atomic E-state index is -0.296. The first kappa shape index (κ1) is 13.8. The molecular weight excluding hydrogens is 294 g/mol. The Morgan fingerprint density at radius 3 is 3.15 bits per heavy atom. The maximum Gasteiger partial charge on any atom is 0.233 e. The second-order valence-corrected chi connectivity index (χ2v) is 6.61. The van der Waals surface area contributed by atoms with E-state index in [0.717, 1.165) is 36.1 Å². The van der Waals surface area contributed by atoms with E-state index in [0.29, 0.717) is 10.2 Å². The molecule has 106 valence electrons. The van der Waals surface area contributed by atoms with Gasteiger partial charge >= 0.3 is 0 Å². The van der Waals surface area contributed by atoms with Crippen LogP contribution in [0.3, 0.4) is 0 Å². The van der Waals surface area contributed by atoms with Crippen LogP contribution in [0.1, 0.15) is 19.8 Å². The second kappa shape index (κ2) is 5.31. The highest BCUT2D eigenvalue weighted by Crippen LogP contribution is 2.33. The molecule has 1 saturated heterocycles. The van der Waals surface area contributed by atoms with Crippen LogP contribution in [0, 0.1) is 5.41 Å². The molecule has 0 radical (unpaired) electrons. The number of fused-ring (bicyclic) bond motifs is 1. The van der Waals surface area contributed by atoms with Gasteiger partial charge < -0.3 is 10.6 Å². The van der Waals surface area contributed by atoms with Gasteiger partial charge in [0.2, 0.25) is 5.91 Å². The first-order valence-electron chi connectivity index (χ1n) is 6.71. The van der Waals surface area contributed by atoms with E-state index in [1.807, 2.05) is 18.2 Å². The monoisotopic (exact) mass is 309 g/mol. The molecule has 4 nitrogen and oxygen atoms in total. The van der Waals surface area contributed by atoms with Gasteiger partial charge in [-0.2, -0.15) is 0 Å². The number of carbonyl (C=O) groups excluding carboxylic acids is 1. The number of rotatable bonds is 3. The highest BCUT2D eigenvalue weighted by atomic mass is 35.5. The molecule has 6 heteroatoms. The number of aromatic nitrogens is 1. The summed E-state index contributed by atoms with van der Waals surface area (Å²) in [5.41, 5.74) is 0.569. The number of nitrogens with zero attached hydrogens (tertiary/aromatic N) is 1. The van der Waals surface area contributed by atoms with Crippen LogP contribution in [0.15, 0.2) is 18.2 Å². The molecule has 0 bridgehead atoms. The number of amides is 1. The molecule has 0 aliphatic carbocycles. The number of carbonyl (C=O) groups is 1. The van der Waals surface area contributed by atoms with E-state index in [2.05, 4.69) is 22.5 Å². The number of hydrogen-bond acceptors (Lipinski definition) is 4. The van der Waals surface area contributed by atoms with Gasteiger partial charge in [0.15, 0.2) is 5.13 Å². The van der Waals surface area contributed by atoms with Crippen LogP contribution < -0.4 is 10.6 Å². The largest absolute Gasteiger partial charge is 0.316 e. The van der Waals surface area contributed by atoms with Crippen molar-refractivity contribution >= 4 is 44.2 Å². The Balaban J connectivity index is 1.83. The fourth-order valence-corrected chi connectivity index (χ4v) is 3.72. The number of benzene rings is 1. The average molecular weight is 310 g/mol. The van der Waals surface area contributed by atoms with E-state index >= 15 is 0 Å². The third-order valence-electron chi connectivity index (χ3n) is 3.97. The van der Waals surface area contributed by atoms with Crippen molar-refractivity contribution < 1.29 is 4.79 Å². The van der Waals surface area contributed by atoms with Crippen LogP contribution in [-0.4, -0.2) is 24.0 Å². The second-order valence-electron chi connectivity index (χ2n) is 5.15. The zero-order chi connectivity index (χ0) is 14.2. The minimum Gasteiger partial charge on any atom is -0.316 e. The van der Waals surface area contributed by atoms with Crippen molar-refractivity contribution in [3.63, 3.8) is 0 Å². The lowest BCUT2D eigenvalue weighted by molar-refractivity contribution is -0.124. The molecule has 2 heterocycles. The molecular formula is C14H16ClN3OS. The molecule has 0 spiro atoms. The quantitative estimate of drug-likeness (QED) is 0.915. The van der Waals surface area contributed by atoms with Gasteiger partial charge in [-0.1, -0.05) is 29.9 Å². The highest BCUT2D eigenvalue weighted by Gasteiger charge is 2.39. The SMILES string of the molecule is CCC1(C(=O)Nc2nc3ccc(Cl)cc3s2)CCNC1. The van der Waals surface area contributed by atoms with Gasteiger partial charge in [0, 0.05) is 11.6 Å². The lowest BCUT2D eigenvalue weighted by Gasteiger charge is -2.24. The van der Waals surface area contributed by atoms with Gasteiger partial charge in [0.05, 0.1) is 15.6 Å². The molecule has 1 unspecified atom stereocenters. The van der Waals surface area contributed by atoms with E-state index < -0.39 is 0 Å². The summed E-state index contributed by atoms with van der Waals surface area (Å²) >= 11 is 7.42. The predicted molar refractivity (Wildman–Crippen MR) is 83.5 cm³/mol. The van der Waals surface area contributed by atoms with Crippen LogP contribution in [0.2, 0.25) is 5.02 Å². The standard InChI is InChI=1S/C14H16ClN3OS/c1-2-14(5-6-16-8-14)12(19)18-13-17-10-4-3-9(15)7-11(10)20-13/h3-4,7,16H,2,5-6,8H2,1H3,(H,17,18,19). The smallest absolute Gasteiger partial charge is 0.233 e. The molecule has 1 atom stereocenters. The number of hydrogen-bond donors (Lipinski definition) is 2. The molecule has 2 N–H and O–H groups in total. The van der Waals surface area contributed by atoms with Gasteiger partial charge in [-0.3, -0.25) is 4.79 Å². The molecule has 0 saturated carbocycles. The summed E-state index contributed by atoms with van der Waals surface area (Å²) < 4.78 is 0.989. The molecule has 1 aromatic carbocycles. The molecule has 20 heavy (non-hydrogen) atoms. The van der Waals surface area contributed by atoms with Crippen LogP contribution in [0.5, 0.6) is 0 Å². The van der Waals surface area contributed by atoms with Gasteiger partial charge in [0.25, 0.3) is 0 Å². The summed E-state index contributed by atoms with van der Waals surface area (Å²) in [5, 5.41) is 7.57. The van der Waals surface area contributed by atoms with Gasteiger partial charge in [-0.25, -0.2) is 4.98 Å². The van der Waals surface area contributed by atoms with Gasteiger partial charge in [0.1, 0.15) is 0 Å². The van der Waals surface area contributed by atoms with E-state index in [-0.39, 0.29) is 11.3 Å². The molecule has 1 aliphatic rings. The summed E-state index contributed by atoms with van der Waals surface area (Å²) in [5.74, 6) is 0.0650. The zero-order valence-corrected chi connectivity index (χ0v) is 12.8. The molecule has 1 amide bonds. The van der Waals surface area contributed by atoms with Crippen molar-refractivity contribution in [3.05, 3.63) is 23.2 Å². The van der Waals surface area contributed by atoms with Gasteiger partial charge in [-0.05, 0) is 37.6 Å². The summed E-state index contributed by atoms with van der Waals surface area (Å²) in [6.45, 7) is 3.70.